The number of guanidine groups is 1. The molecular formula is C17H25N7OS. The predicted molar refractivity (Wildman–Crippen MR) is 102 cm³/mol. The Balaban J connectivity index is 1.68. The van der Waals surface area contributed by atoms with Crippen molar-refractivity contribution in [2.24, 2.45) is 4.99 Å². The summed E-state index contributed by atoms with van der Waals surface area (Å²) in [6.07, 6.45) is 3.43. The fraction of sp³-hybridized carbons (Fsp3) is 0.529. The molecule has 2 unspecified atom stereocenters. The van der Waals surface area contributed by atoms with E-state index in [-0.39, 0.29) is 24.5 Å². The highest BCUT2D eigenvalue weighted by Gasteiger charge is 2.21. The van der Waals surface area contributed by atoms with Crippen molar-refractivity contribution in [2.45, 2.75) is 38.4 Å². The molecule has 0 aliphatic carbocycles. The number of aliphatic imine (C=N–C) groups is 1. The Morgan fingerprint density at radius 3 is 3.12 bits per heavy atom. The van der Waals surface area contributed by atoms with Gasteiger partial charge in [-0.15, -0.1) is 11.3 Å². The molecule has 0 saturated carbocycles. The molecule has 140 valence electrons. The van der Waals surface area contributed by atoms with Crippen molar-refractivity contribution in [3.05, 3.63) is 34.5 Å². The minimum atomic E-state index is -0.0305. The van der Waals surface area contributed by atoms with Crippen LogP contribution < -0.4 is 10.6 Å². The van der Waals surface area contributed by atoms with Crippen molar-refractivity contribution in [2.75, 3.05) is 20.6 Å². The Morgan fingerprint density at radius 2 is 2.38 bits per heavy atom. The molecule has 2 aromatic heterocycles. The number of likely N-dealkylation sites (N-methyl/N-ethyl adjacent to an activating group) is 1. The van der Waals surface area contributed by atoms with E-state index in [0.717, 1.165) is 25.2 Å². The second-order valence-electron chi connectivity index (χ2n) is 6.57. The number of hydrogen-bond acceptors (Lipinski definition) is 5. The molecule has 1 amide bonds. The van der Waals surface area contributed by atoms with Gasteiger partial charge < -0.3 is 15.5 Å². The average molecular weight is 376 g/mol. The van der Waals surface area contributed by atoms with E-state index in [2.05, 4.69) is 44.1 Å². The van der Waals surface area contributed by atoms with E-state index in [1.165, 1.54) is 4.88 Å². The van der Waals surface area contributed by atoms with E-state index in [4.69, 9.17) is 0 Å². The van der Waals surface area contributed by atoms with E-state index in [9.17, 15) is 4.79 Å². The first-order valence-corrected chi connectivity index (χ1v) is 9.58. The van der Waals surface area contributed by atoms with Gasteiger partial charge in [0.25, 0.3) is 0 Å². The van der Waals surface area contributed by atoms with Gasteiger partial charge in [-0.2, -0.15) is 5.10 Å². The van der Waals surface area contributed by atoms with Crippen LogP contribution in [0.3, 0.4) is 0 Å². The van der Waals surface area contributed by atoms with E-state index in [0.29, 0.717) is 5.96 Å². The zero-order valence-electron chi connectivity index (χ0n) is 15.3. The normalized spacial score (nSPS) is 18.1. The highest BCUT2D eigenvalue weighted by molar-refractivity contribution is 7.10. The average Bonchev–Trinajstić information content (AvgIpc) is 3.30. The van der Waals surface area contributed by atoms with E-state index >= 15 is 0 Å². The Kier molecular flexibility index (Phi) is 5.87. The molecule has 3 rings (SSSR count). The van der Waals surface area contributed by atoms with Crippen LogP contribution in [0.4, 0.5) is 0 Å². The molecule has 0 radical (unpaired) electrons. The lowest BCUT2D eigenvalue weighted by molar-refractivity contribution is -0.127. The van der Waals surface area contributed by atoms with Crippen molar-refractivity contribution in [1.82, 2.24) is 30.3 Å². The summed E-state index contributed by atoms with van der Waals surface area (Å²) in [5, 5.41) is 13.2. The third-order valence-corrected chi connectivity index (χ3v) is 5.40. The minimum Gasteiger partial charge on any atom is -0.352 e. The van der Waals surface area contributed by atoms with Crippen molar-refractivity contribution >= 4 is 23.2 Å². The molecule has 0 aromatic carbocycles. The largest absolute Gasteiger partial charge is 0.352 e. The molecule has 0 saturated heterocycles. The van der Waals surface area contributed by atoms with Gasteiger partial charge in [0.1, 0.15) is 18.7 Å². The highest BCUT2D eigenvalue weighted by Crippen LogP contribution is 2.18. The summed E-state index contributed by atoms with van der Waals surface area (Å²) in [6.45, 7) is 2.94. The molecule has 0 fully saturated rings. The minimum absolute atomic E-state index is 0.0305. The third-order valence-electron chi connectivity index (χ3n) is 4.34. The number of amides is 1. The molecule has 0 spiro atoms. The lowest BCUT2D eigenvalue weighted by Crippen LogP contribution is -2.48. The zero-order valence-corrected chi connectivity index (χ0v) is 16.2. The molecule has 2 atom stereocenters. The lowest BCUT2D eigenvalue weighted by Gasteiger charge is -2.27. The van der Waals surface area contributed by atoms with E-state index < -0.39 is 0 Å². The molecule has 1 aliphatic heterocycles. The standard InChI is InChI=1S/C17H25N7OS/c1-12(14-5-4-8-26-14)21-17(18-9-16(25)23(2)3)22-13-6-7-15-19-11-20-24(15)10-13/h4-5,8,11-13H,6-7,9-10H2,1-3H3,(H2,18,21,22). The van der Waals surface area contributed by atoms with Crippen LogP contribution in [-0.2, 0) is 17.8 Å². The van der Waals surface area contributed by atoms with Crippen molar-refractivity contribution in [3.63, 3.8) is 0 Å². The molecule has 1 aliphatic rings. The monoisotopic (exact) mass is 375 g/mol. The number of carbonyl (C=O) groups is 1. The SMILES string of the molecule is CC(NC(=NCC(=O)N(C)C)NC1CCc2ncnn2C1)c1cccs1. The summed E-state index contributed by atoms with van der Waals surface area (Å²) in [5.41, 5.74) is 0. The van der Waals surface area contributed by atoms with Gasteiger partial charge in [0.05, 0.1) is 12.6 Å². The first-order chi connectivity index (χ1) is 12.5. The van der Waals surface area contributed by atoms with Gasteiger partial charge in [-0.1, -0.05) is 6.07 Å². The molecule has 0 bridgehead atoms. The Labute approximate surface area is 157 Å². The van der Waals surface area contributed by atoms with Gasteiger partial charge in [0.15, 0.2) is 5.96 Å². The number of nitrogens with one attached hydrogen (secondary N) is 2. The second-order valence-corrected chi connectivity index (χ2v) is 7.55. The molecular weight excluding hydrogens is 350 g/mol. The molecule has 9 heteroatoms. The zero-order chi connectivity index (χ0) is 18.5. The number of aromatic nitrogens is 3. The number of thiophene rings is 1. The van der Waals surface area contributed by atoms with Crippen LogP contribution in [0, 0.1) is 0 Å². The Morgan fingerprint density at radius 1 is 1.54 bits per heavy atom. The van der Waals surface area contributed by atoms with Crippen LogP contribution in [-0.4, -0.2) is 58.2 Å². The first kappa shape index (κ1) is 18.4. The van der Waals surface area contributed by atoms with Gasteiger partial charge in [-0.3, -0.25) is 4.79 Å². The summed E-state index contributed by atoms with van der Waals surface area (Å²) in [7, 11) is 3.47. The fourth-order valence-electron chi connectivity index (χ4n) is 2.78. The number of hydrogen-bond donors (Lipinski definition) is 2. The summed E-state index contributed by atoms with van der Waals surface area (Å²) in [6, 6.07) is 4.43. The molecule has 8 nitrogen and oxygen atoms in total. The number of aryl methyl sites for hydroxylation is 1. The van der Waals surface area contributed by atoms with Crippen LogP contribution in [0.1, 0.15) is 30.1 Å². The smallest absolute Gasteiger partial charge is 0.243 e. The quantitative estimate of drug-likeness (QED) is 0.602. The van der Waals surface area contributed by atoms with E-state index in [1.54, 1.807) is 36.7 Å². The number of carbonyl (C=O) groups excluding carboxylic acids is 1. The van der Waals surface area contributed by atoms with Gasteiger partial charge >= 0.3 is 0 Å². The third kappa shape index (κ3) is 4.60. The van der Waals surface area contributed by atoms with Crippen LogP contribution >= 0.6 is 11.3 Å². The molecule has 3 heterocycles. The van der Waals surface area contributed by atoms with Crippen LogP contribution in [0.5, 0.6) is 0 Å². The van der Waals surface area contributed by atoms with Crippen molar-refractivity contribution < 1.29 is 4.79 Å². The second kappa shape index (κ2) is 8.31. The predicted octanol–water partition coefficient (Wildman–Crippen LogP) is 1.04. The van der Waals surface area contributed by atoms with E-state index in [1.807, 2.05) is 10.7 Å². The van der Waals surface area contributed by atoms with Crippen LogP contribution in [0.25, 0.3) is 0 Å². The maximum Gasteiger partial charge on any atom is 0.243 e. The van der Waals surface area contributed by atoms with Gasteiger partial charge in [0.2, 0.25) is 5.91 Å². The van der Waals surface area contributed by atoms with Gasteiger partial charge in [-0.25, -0.2) is 14.7 Å². The Hall–Kier alpha value is -2.42. The number of fused-ring (bicyclic) bond motifs is 1. The number of nitrogens with zero attached hydrogens (tertiary/aromatic N) is 5. The summed E-state index contributed by atoms with van der Waals surface area (Å²) < 4.78 is 1.92. The van der Waals surface area contributed by atoms with Crippen LogP contribution in [0.15, 0.2) is 28.8 Å². The van der Waals surface area contributed by atoms with Crippen molar-refractivity contribution in [3.8, 4) is 0 Å². The maximum absolute atomic E-state index is 11.9. The lowest BCUT2D eigenvalue weighted by atomic mass is 10.1. The molecule has 2 aromatic rings. The number of rotatable bonds is 5. The van der Waals surface area contributed by atoms with Gasteiger partial charge in [-0.05, 0) is 24.8 Å². The Bertz CT molecular complexity index is 753. The summed E-state index contributed by atoms with van der Waals surface area (Å²) >= 11 is 1.70. The molecule has 2 N–H and O–H groups in total. The highest BCUT2D eigenvalue weighted by atomic mass is 32.1. The maximum atomic E-state index is 11.9. The topological polar surface area (TPSA) is 87.4 Å². The van der Waals surface area contributed by atoms with Crippen LogP contribution in [0.2, 0.25) is 0 Å². The summed E-state index contributed by atoms with van der Waals surface area (Å²) in [4.78, 5) is 23.5. The summed E-state index contributed by atoms with van der Waals surface area (Å²) in [5.74, 6) is 1.64. The van der Waals surface area contributed by atoms with Crippen molar-refractivity contribution in [1.29, 1.82) is 0 Å². The van der Waals surface area contributed by atoms with Gasteiger partial charge in [0, 0.05) is 31.4 Å². The molecule has 26 heavy (non-hydrogen) atoms. The first-order valence-electron chi connectivity index (χ1n) is 8.70. The fourth-order valence-corrected chi connectivity index (χ4v) is 3.52.